The van der Waals surface area contributed by atoms with Crippen molar-refractivity contribution < 1.29 is 19.0 Å². The third-order valence-corrected chi connectivity index (χ3v) is 4.85. The van der Waals surface area contributed by atoms with Crippen LogP contribution in [0.2, 0.25) is 0 Å². The lowest BCUT2D eigenvalue weighted by Crippen LogP contribution is -2.14. The van der Waals surface area contributed by atoms with Gasteiger partial charge in [-0.05, 0) is 67.9 Å². The van der Waals surface area contributed by atoms with Crippen LogP contribution in [-0.4, -0.2) is 38.7 Å². The van der Waals surface area contributed by atoms with E-state index in [2.05, 4.69) is 15.5 Å². The zero-order chi connectivity index (χ0) is 23.8. The van der Waals surface area contributed by atoms with E-state index in [9.17, 15) is 4.79 Å². The molecule has 0 bridgehead atoms. The van der Waals surface area contributed by atoms with Gasteiger partial charge in [0.25, 0.3) is 5.91 Å². The summed E-state index contributed by atoms with van der Waals surface area (Å²) in [6, 6.07) is 16.5. The predicted octanol–water partition coefficient (Wildman–Crippen LogP) is 4.21. The first-order valence-corrected chi connectivity index (χ1v) is 11.1. The molecule has 0 aliphatic carbocycles. The van der Waals surface area contributed by atoms with Gasteiger partial charge in [0, 0.05) is 24.3 Å². The fourth-order valence-corrected chi connectivity index (χ4v) is 3.28. The number of hydrogen-bond acceptors (Lipinski definition) is 6. The normalized spacial score (nSPS) is 10.6. The van der Waals surface area contributed by atoms with Crippen LogP contribution in [-0.2, 0) is 13.3 Å². The number of ether oxygens (including phenoxy) is 3. The molecule has 4 aromatic rings. The number of nitrogens with zero attached hydrogens (tertiary/aromatic N) is 4. The van der Waals surface area contributed by atoms with Gasteiger partial charge < -0.3 is 19.5 Å². The van der Waals surface area contributed by atoms with Gasteiger partial charge >= 0.3 is 0 Å². The number of nitrogens with one attached hydrogen (secondary N) is 1. The van der Waals surface area contributed by atoms with E-state index < -0.39 is 0 Å². The van der Waals surface area contributed by atoms with Gasteiger partial charge in [-0.25, -0.2) is 0 Å². The van der Waals surface area contributed by atoms with Crippen LogP contribution in [0.5, 0.6) is 17.2 Å². The van der Waals surface area contributed by atoms with Crippen LogP contribution in [0.1, 0.15) is 29.9 Å². The Labute approximate surface area is 197 Å². The SMILES string of the molecule is CCOc1ccc(COc2ccc(NC(=O)c3ccn(Cn4cccn4)n3)cc2)cc1OCC. The molecule has 0 aliphatic heterocycles. The molecule has 0 aliphatic rings. The molecule has 2 aromatic heterocycles. The summed E-state index contributed by atoms with van der Waals surface area (Å²) in [6.45, 7) is 5.83. The Bertz CT molecular complexity index is 1200. The van der Waals surface area contributed by atoms with Crippen molar-refractivity contribution >= 4 is 11.6 Å². The Kier molecular flexibility index (Phi) is 7.44. The highest BCUT2D eigenvalue weighted by atomic mass is 16.5. The van der Waals surface area contributed by atoms with Gasteiger partial charge in [0.2, 0.25) is 0 Å². The van der Waals surface area contributed by atoms with Crippen molar-refractivity contribution in [3.63, 3.8) is 0 Å². The summed E-state index contributed by atoms with van der Waals surface area (Å²) >= 11 is 0. The largest absolute Gasteiger partial charge is 0.490 e. The van der Waals surface area contributed by atoms with Gasteiger partial charge in [0.05, 0.1) is 13.2 Å². The maximum atomic E-state index is 12.5. The summed E-state index contributed by atoms with van der Waals surface area (Å²) in [7, 11) is 0. The Morgan fingerprint density at radius 2 is 1.71 bits per heavy atom. The number of hydrogen-bond donors (Lipinski definition) is 1. The lowest BCUT2D eigenvalue weighted by molar-refractivity contribution is 0.102. The molecular formula is C25H27N5O4. The second-order valence-electron chi connectivity index (χ2n) is 7.34. The molecule has 1 amide bonds. The highest BCUT2D eigenvalue weighted by Gasteiger charge is 2.11. The molecule has 9 heteroatoms. The Morgan fingerprint density at radius 3 is 2.44 bits per heavy atom. The highest BCUT2D eigenvalue weighted by molar-refractivity contribution is 6.02. The van der Waals surface area contributed by atoms with Crippen LogP contribution in [0.4, 0.5) is 5.69 Å². The highest BCUT2D eigenvalue weighted by Crippen LogP contribution is 2.29. The van der Waals surface area contributed by atoms with Crippen LogP contribution in [0, 0.1) is 0 Å². The molecule has 1 N–H and O–H groups in total. The van der Waals surface area contributed by atoms with Crippen molar-refractivity contribution in [3.05, 3.63) is 84.4 Å². The van der Waals surface area contributed by atoms with E-state index in [1.807, 2.05) is 56.4 Å². The first kappa shape index (κ1) is 22.9. The first-order chi connectivity index (χ1) is 16.6. The van der Waals surface area contributed by atoms with E-state index in [0.29, 0.717) is 49.4 Å². The summed E-state index contributed by atoms with van der Waals surface area (Å²) in [4.78, 5) is 12.5. The fourth-order valence-electron chi connectivity index (χ4n) is 3.28. The summed E-state index contributed by atoms with van der Waals surface area (Å²) < 4.78 is 20.5. The van der Waals surface area contributed by atoms with Crippen molar-refractivity contribution in [1.29, 1.82) is 0 Å². The monoisotopic (exact) mass is 461 g/mol. The van der Waals surface area contributed by atoms with E-state index in [4.69, 9.17) is 14.2 Å². The van der Waals surface area contributed by atoms with Crippen LogP contribution in [0.25, 0.3) is 0 Å². The quantitative estimate of drug-likeness (QED) is 0.360. The Morgan fingerprint density at radius 1 is 0.912 bits per heavy atom. The predicted molar refractivity (Wildman–Crippen MR) is 127 cm³/mol. The van der Waals surface area contributed by atoms with Crippen LogP contribution >= 0.6 is 0 Å². The van der Waals surface area contributed by atoms with Crippen LogP contribution < -0.4 is 19.5 Å². The van der Waals surface area contributed by atoms with Gasteiger partial charge in [-0.2, -0.15) is 10.2 Å². The standard InChI is InChI=1S/C25H27N5O4/c1-3-32-23-11-6-19(16-24(23)33-4-2)17-34-21-9-7-20(8-10-21)27-25(31)22-12-15-30(28-22)18-29-14-5-13-26-29/h5-16H,3-4,17-18H2,1-2H3,(H,27,31). The number of carbonyl (C=O) groups excluding carboxylic acids is 1. The molecule has 0 saturated heterocycles. The minimum atomic E-state index is -0.286. The topological polar surface area (TPSA) is 92.4 Å². The average molecular weight is 462 g/mol. The third-order valence-electron chi connectivity index (χ3n) is 4.85. The van der Waals surface area contributed by atoms with E-state index in [-0.39, 0.29) is 5.91 Å². The molecule has 0 saturated carbocycles. The number of benzene rings is 2. The van der Waals surface area contributed by atoms with E-state index in [0.717, 1.165) is 11.3 Å². The van der Waals surface area contributed by atoms with Crippen LogP contribution in [0.15, 0.2) is 73.2 Å². The second kappa shape index (κ2) is 11.0. The molecule has 2 aromatic carbocycles. The molecule has 9 nitrogen and oxygen atoms in total. The minimum absolute atomic E-state index is 0.286. The fraction of sp³-hybridized carbons (Fsp3) is 0.240. The van der Waals surface area contributed by atoms with Gasteiger partial charge in [-0.15, -0.1) is 0 Å². The average Bonchev–Trinajstić information content (AvgIpc) is 3.53. The molecule has 2 heterocycles. The van der Waals surface area contributed by atoms with Gasteiger partial charge in [-0.1, -0.05) is 6.07 Å². The summed E-state index contributed by atoms with van der Waals surface area (Å²) in [5, 5.41) is 11.3. The molecule has 0 atom stereocenters. The number of aromatic nitrogens is 4. The molecule has 34 heavy (non-hydrogen) atoms. The molecule has 4 rings (SSSR count). The van der Waals surface area contributed by atoms with Crippen molar-refractivity contribution in [2.45, 2.75) is 27.1 Å². The molecule has 0 unspecified atom stereocenters. The van der Waals surface area contributed by atoms with Crippen molar-refractivity contribution in [3.8, 4) is 17.2 Å². The second-order valence-corrected chi connectivity index (χ2v) is 7.34. The lowest BCUT2D eigenvalue weighted by atomic mass is 10.2. The van der Waals surface area contributed by atoms with Gasteiger partial charge in [-0.3, -0.25) is 14.2 Å². The van der Waals surface area contributed by atoms with E-state index >= 15 is 0 Å². The Balaban J connectivity index is 1.31. The summed E-state index contributed by atoms with van der Waals surface area (Å²) in [5.74, 6) is 1.83. The van der Waals surface area contributed by atoms with Gasteiger partial charge in [0.15, 0.2) is 17.2 Å². The lowest BCUT2D eigenvalue weighted by Gasteiger charge is -2.13. The molecule has 0 fully saturated rings. The molecule has 176 valence electrons. The van der Waals surface area contributed by atoms with Crippen LogP contribution in [0.3, 0.4) is 0 Å². The summed E-state index contributed by atoms with van der Waals surface area (Å²) in [6.07, 6.45) is 5.27. The summed E-state index contributed by atoms with van der Waals surface area (Å²) in [5.41, 5.74) is 1.95. The number of anilines is 1. The Hall–Kier alpha value is -4.27. The first-order valence-electron chi connectivity index (χ1n) is 11.1. The smallest absolute Gasteiger partial charge is 0.276 e. The maximum Gasteiger partial charge on any atom is 0.276 e. The number of amides is 1. The number of carbonyl (C=O) groups is 1. The van der Waals surface area contributed by atoms with Crippen molar-refractivity contribution in [1.82, 2.24) is 19.6 Å². The zero-order valence-corrected chi connectivity index (χ0v) is 19.2. The van der Waals surface area contributed by atoms with Crippen molar-refractivity contribution in [2.75, 3.05) is 18.5 Å². The van der Waals surface area contributed by atoms with E-state index in [1.165, 1.54) is 0 Å². The minimum Gasteiger partial charge on any atom is -0.490 e. The van der Waals surface area contributed by atoms with Gasteiger partial charge in [0.1, 0.15) is 19.0 Å². The maximum absolute atomic E-state index is 12.5. The molecule has 0 radical (unpaired) electrons. The molecular weight excluding hydrogens is 434 g/mol. The number of rotatable bonds is 11. The molecule has 0 spiro atoms. The third kappa shape index (κ3) is 5.94. The zero-order valence-electron chi connectivity index (χ0n) is 19.2. The van der Waals surface area contributed by atoms with E-state index in [1.54, 1.807) is 40.0 Å². The van der Waals surface area contributed by atoms with Crippen molar-refractivity contribution in [2.24, 2.45) is 0 Å².